The molecule has 0 aromatic carbocycles. The molecule has 0 aromatic heterocycles. The van der Waals surface area contributed by atoms with Crippen LogP contribution in [0.15, 0.2) is 10.6 Å². The third-order valence-corrected chi connectivity index (χ3v) is 4.97. The van der Waals surface area contributed by atoms with Crippen molar-refractivity contribution in [3.8, 4) is 12.1 Å². The molecule has 0 unspecified atom stereocenters. The zero-order valence-corrected chi connectivity index (χ0v) is 12.6. The molecule has 2 aliphatic rings. The fourth-order valence-corrected chi connectivity index (χ4v) is 3.75. The van der Waals surface area contributed by atoms with Crippen molar-refractivity contribution in [2.45, 2.75) is 32.7 Å². The van der Waals surface area contributed by atoms with Crippen molar-refractivity contribution < 1.29 is 9.69 Å². The molecule has 106 valence electrons. The highest BCUT2D eigenvalue weighted by Crippen LogP contribution is 2.46. The Morgan fingerprint density at radius 3 is 2.45 bits per heavy atom. The van der Waals surface area contributed by atoms with Gasteiger partial charge < -0.3 is 10.2 Å². The molecule has 1 amide bonds. The molecule has 2 N–H and O–H groups in total. The van der Waals surface area contributed by atoms with E-state index < -0.39 is 11.3 Å². The highest BCUT2D eigenvalue weighted by molar-refractivity contribution is 7.84. The first-order valence-electron chi connectivity index (χ1n) is 6.85. The van der Waals surface area contributed by atoms with E-state index in [4.69, 9.17) is 0 Å². The summed E-state index contributed by atoms with van der Waals surface area (Å²) < 4.78 is 0. The number of carbonyl (C=O) groups is 1. The first kappa shape index (κ1) is 14.9. The van der Waals surface area contributed by atoms with Crippen LogP contribution in [0, 0.1) is 34.0 Å². The number of likely N-dealkylation sites (tertiary alicyclic amines) is 1. The molecule has 20 heavy (non-hydrogen) atoms. The average molecular weight is 291 g/mol. The van der Waals surface area contributed by atoms with Gasteiger partial charge in [0.15, 0.2) is 0 Å². The molecule has 2 aliphatic heterocycles. The normalized spacial score (nSPS) is 33.8. The molecule has 2 rings (SSSR count). The van der Waals surface area contributed by atoms with E-state index in [1.54, 1.807) is 0 Å². The van der Waals surface area contributed by atoms with Crippen LogP contribution in [-0.2, 0) is 4.79 Å². The van der Waals surface area contributed by atoms with E-state index in [9.17, 15) is 15.3 Å². The smallest absolute Gasteiger partial charge is 0.243 e. The number of quaternary nitrogens is 1. The van der Waals surface area contributed by atoms with Crippen molar-refractivity contribution in [1.82, 2.24) is 5.32 Å². The van der Waals surface area contributed by atoms with Crippen LogP contribution in [0.1, 0.15) is 26.7 Å². The summed E-state index contributed by atoms with van der Waals surface area (Å²) in [7, 11) is 0. The van der Waals surface area contributed by atoms with Crippen LogP contribution < -0.4 is 10.2 Å². The largest absolute Gasteiger partial charge is 0.333 e. The summed E-state index contributed by atoms with van der Waals surface area (Å²) in [5.74, 6) is -1.12. The number of carbonyl (C=O) groups excluding carboxylic acids is 1. The number of nitrogens with zero attached hydrogens (tertiary/aromatic N) is 2. The summed E-state index contributed by atoms with van der Waals surface area (Å²) in [6, 6.07) is 4.78. The molecule has 1 atom stereocenters. The van der Waals surface area contributed by atoms with Gasteiger partial charge in [0.05, 0.1) is 41.9 Å². The maximum atomic E-state index is 12.1. The molecule has 1 saturated heterocycles. The SMILES string of the molecule is CC(C)[NH+]1CCC2(CC1)C(C#N)=C(S)NC(=O)[C@@H]2C#N. The lowest BCUT2D eigenvalue weighted by Crippen LogP contribution is -3.16. The van der Waals surface area contributed by atoms with Crippen molar-refractivity contribution in [3.63, 3.8) is 0 Å². The maximum absolute atomic E-state index is 12.1. The highest BCUT2D eigenvalue weighted by atomic mass is 32.1. The Morgan fingerprint density at radius 1 is 1.40 bits per heavy atom. The van der Waals surface area contributed by atoms with Gasteiger partial charge in [0.2, 0.25) is 5.91 Å². The van der Waals surface area contributed by atoms with Gasteiger partial charge in [-0.1, -0.05) is 0 Å². The maximum Gasteiger partial charge on any atom is 0.243 e. The molecule has 0 saturated carbocycles. The molecule has 1 fully saturated rings. The molecule has 2 heterocycles. The van der Waals surface area contributed by atoms with Crippen LogP contribution in [0.5, 0.6) is 0 Å². The van der Waals surface area contributed by atoms with Crippen molar-refractivity contribution >= 4 is 18.5 Å². The Morgan fingerprint density at radius 2 is 2.00 bits per heavy atom. The zero-order chi connectivity index (χ0) is 14.9. The topological polar surface area (TPSA) is 81.1 Å². The van der Waals surface area contributed by atoms with Crippen LogP contribution in [0.3, 0.4) is 0 Å². The number of hydrogen-bond acceptors (Lipinski definition) is 4. The molecule has 0 aromatic rings. The Hall–Kier alpha value is -1.50. The lowest BCUT2D eigenvalue weighted by atomic mass is 9.63. The minimum absolute atomic E-state index is 0.317. The van der Waals surface area contributed by atoms with Gasteiger partial charge in [-0.25, -0.2) is 0 Å². The fraction of sp³-hybridized carbons (Fsp3) is 0.643. The summed E-state index contributed by atoms with van der Waals surface area (Å²) in [6.07, 6.45) is 1.36. The van der Waals surface area contributed by atoms with Crippen LogP contribution in [-0.4, -0.2) is 25.0 Å². The Bertz CT molecular complexity index is 532. The molecule has 0 aliphatic carbocycles. The number of nitrogens with one attached hydrogen (secondary N) is 2. The molecular weight excluding hydrogens is 272 g/mol. The predicted molar refractivity (Wildman–Crippen MR) is 76.4 cm³/mol. The van der Waals surface area contributed by atoms with Crippen LogP contribution in [0.2, 0.25) is 0 Å². The van der Waals surface area contributed by atoms with E-state index in [1.165, 1.54) is 4.90 Å². The van der Waals surface area contributed by atoms with Gasteiger partial charge in [-0.2, -0.15) is 10.5 Å². The van der Waals surface area contributed by atoms with E-state index in [0.29, 0.717) is 29.5 Å². The first-order valence-corrected chi connectivity index (χ1v) is 7.30. The van der Waals surface area contributed by atoms with Gasteiger partial charge in [0.1, 0.15) is 5.92 Å². The summed E-state index contributed by atoms with van der Waals surface area (Å²) in [5.41, 5.74) is -0.184. The second-order valence-electron chi connectivity index (χ2n) is 5.86. The third kappa shape index (κ3) is 2.19. The minimum atomic E-state index is -0.790. The second kappa shape index (κ2) is 5.47. The number of nitriles is 2. The van der Waals surface area contributed by atoms with Gasteiger partial charge in [0, 0.05) is 18.3 Å². The molecule has 0 bridgehead atoms. The monoisotopic (exact) mass is 291 g/mol. The van der Waals surface area contributed by atoms with Crippen LogP contribution >= 0.6 is 12.6 Å². The highest BCUT2D eigenvalue weighted by Gasteiger charge is 2.53. The molecular formula is C14H19N4OS+. The average Bonchev–Trinajstić information content (AvgIpc) is 2.39. The van der Waals surface area contributed by atoms with Crippen molar-refractivity contribution in [3.05, 3.63) is 10.6 Å². The van der Waals surface area contributed by atoms with Crippen LogP contribution in [0.4, 0.5) is 0 Å². The number of piperidine rings is 1. The zero-order valence-electron chi connectivity index (χ0n) is 11.7. The summed E-state index contributed by atoms with van der Waals surface area (Å²) >= 11 is 4.23. The fourth-order valence-electron chi connectivity index (χ4n) is 3.36. The quantitative estimate of drug-likeness (QED) is 0.595. The van der Waals surface area contributed by atoms with Crippen LogP contribution in [0.25, 0.3) is 0 Å². The third-order valence-electron chi connectivity index (χ3n) is 4.63. The van der Waals surface area contributed by atoms with Crippen molar-refractivity contribution in [2.24, 2.45) is 11.3 Å². The van der Waals surface area contributed by atoms with E-state index >= 15 is 0 Å². The Labute approximate surface area is 124 Å². The van der Waals surface area contributed by atoms with E-state index in [-0.39, 0.29) is 5.91 Å². The lowest BCUT2D eigenvalue weighted by Gasteiger charge is -2.44. The summed E-state index contributed by atoms with van der Waals surface area (Å²) in [6.45, 7) is 6.06. The molecule has 5 nitrogen and oxygen atoms in total. The molecule has 0 radical (unpaired) electrons. The van der Waals surface area contributed by atoms with E-state index in [2.05, 4.69) is 43.9 Å². The van der Waals surface area contributed by atoms with Gasteiger partial charge in [0.25, 0.3) is 0 Å². The van der Waals surface area contributed by atoms with Gasteiger partial charge in [-0.3, -0.25) is 4.79 Å². The van der Waals surface area contributed by atoms with Crippen molar-refractivity contribution in [2.75, 3.05) is 13.1 Å². The molecule has 1 spiro atoms. The lowest BCUT2D eigenvalue weighted by molar-refractivity contribution is -0.928. The minimum Gasteiger partial charge on any atom is -0.333 e. The van der Waals surface area contributed by atoms with Gasteiger partial charge in [-0.15, -0.1) is 12.6 Å². The number of rotatable bonds is 1. The number of hydrogen-bond donors (Lipinski definition) is 3. The number of allylic oxidation sites excluding steroid dienone is 1. The van der Waals surface area contributed by atoms with E-state index in [1.807, 2.05) is 0 Å². The number of amides is 1. The predicted octanol–water partition coefficient (Wildman–Crippen LogP) is -0.00554. The number of thiol groups is 1. The Kier molecular flexibility index (Phi) is 4.08. The first-order chi connectivity index (χ1) is 9.46. The van der Waals surface area contributed by atoms with E-state index in [0.717, 1.165) is 13.1 Å². The summed E-state index contributed by atoms with van der Waals surface area (Å²) in [5, 5.41) is 21.7. The van der Waals surface area contributed by atoms with Gasteiger partial charge >= 0.3 is 0 Å². The molecule has 6 heteroatoms. The summed E-state index contributed by atoms with van der Waals surface area (Å²) in [4.78, 5) is 13.5. The van der Waals surface area contributed by atoms with Gasteiger partial charge in [-0.05, 0) is 13.8 Å². The Balaban J connectivity index is 2.40. The standard InChI is InChI=1S/C14H18N4OS/c1-9(2)18-5-3-14(4-6-18)10(7-15)12(19)17-13(20)11(14)8-16/h9-10,20H,3-6H2,1-2H3,(H,17,19)/p+1/t10-/m0/s1. The van der Waals surface area contributed by atoms with Crippen molar-refractivity contribution in [1.29, 1.82) is 10.5 Å². The second-order valence-corrected chi connectivity index (χ2v) is 6.30.